The molecule has 0 aliphatic rings. The van der Waals surface area contributed by atoms with Gasteiger partial charge < -0.3 is 9.74 Å². The summed E-state index contributed by atoms with van der Waals surface area (Å²) in [4.78, 5) is 0. The molecule has 3 heteroatoms. The van der Waals surface area contributed by atoms with Crippen LogP contribution in [0.3, 0.4) is 0 Å². The van der Waals surface area contributed by atoms with Crippen molar-refractivity contribution >= 4 is 10.5 Å². The lowest BCUT2D eigenvalue weighted by molar-refractivity contribution is 0.110. The van der Waals surface area contributed by atoms with E-state index in [1.54, 1.807) is 0 Å². The molecular weight excluding hydrogens is 166 g/mol. The topological polar surface area (TPSA) is 21.3 Å². The van der Waals surface area contributed by atoms with Gasteiger partial charge in [0.15, 0.2) is 0 Å². The number of hydrogen-bond acceptors (Lipinski definition) is 2. The highest BCUT2D eigenvalue weighted by Crippen LogP contribution is 2.13. The maximum atomic E-state index is 5.44. The first-order valence-electron chi connectivity index (χ1n) is 4.49. The zero-order valence-corrected chi connectivity index (χ0v) is 10.5. The Morgan fingerprint density at radius 1 is 1.58 bits per heavy atom. The molecule has 0 aliphatic heterocycles. The summed E-state index contributed by atoms with van der Waals surface area (Å²) in [5.41, 5.74) is 0.0854. The van der Waals surface area contributed by atoms with Crippen molar-refractivity contribution in [3.8, 4) is 0 Å². The third kappa shape index (κ3) is 6.58. The van der Waals surface area contributed by atoms with Crippen LogP contribution in [0.2, 0.25) is 0 Å². The second-order valence-electron chi connectivity index (χ2n) is 3.56. The van der Waals surface area contributed by atoms with Crippen LogP contribution in [0.5, 0.6) is 0 Å². The molecule has 0 radical (unpaired) electrons. The molecule has 0 aromatic heterocycles. The van der Waals surface area contributed by atoms with E-state index in [2.05, 4.69) is 25.7 Å². The van der Waals surface area contributed by atoms with E-state index in [1.165, 1.54) is 6.42 Å². The first-order valence-corrected chi connectivity index (χ1v) is 5.31. The van der Waals surface area contributed by atoms with Crippen LogP contribution in [-0.4, -0.2) is 29.2 Å². The Morgan fingerprint density at radius 3 is 2.75 bits per heavy atom. The van der Waals surface area contributed by atoms with Gasteiger partial charge in [0.05, 0.1) is 0 Å². The van der Waals surface area contributed by atoms with Gasteiger partial charge in [0.2, 0.25) is 0 Å². The molecule has 0 saturated carbocycles. The molecule has 1 N–H and O–H groups in total. The van der Waals surface area contributed by atoms with Crippen molar-refractivity contribution in [2.45, 2.75) is 32.3 Å². The van der Waals surface area contributed by atoms with E-state index in [4.69, 9.17) is 4.43 Å². The van der Waals surface area contributed by atoms with Crippen LogP contribution in [0.25, 0.3) is 0 Å². The van der Waals surface area contributed by atoms with E-state index in [0.29, 0.717) is 0 Å². The summed E-state index contributed by atoms with van der Waals surface area (Å²) in [6.07, 6.45) is 4.18. The molecule has 0 heterocycles. The van der Waals surface area contributed by atoms with E-state index in [0.717, 1.165) is 30.0 Å². The quantitative estimate of drug-likeness (QED) is 0.358. The molecule has 0 atom stereocenters. The Balaban J connectivity index is 3.24. The number of rotatable bonds is 7. The van der Waals surface area contributed by atoms with Gasteiger partial charge in [-0.3, -0.25) is 0 Å². The maximum Gasteiger partial charge on any atom is 0.146 e. The van der Waals surface area contributed by atoms with Crippen LogP contribution in [0.15, 0.2) is 12.7 Å². The molecular formula is C9H21NOSi. The second-order valence-corrected chi connectivity index (χ2v) is 3.97. The molecule has 72 valence electrons. The SMILES string of the molecule is C=CCNCCCC(C)(C)O[SiH3]. The Hall–Kier alpha value is -0.123. The molecule has 12 heavy (non-hydrogen) atoms. The molecule has 0 aromatic carbocycles. The normalized spacial score (nSPS) is 11.8. The van der Waals surface area contributed by atoms with Crippen molar-refractivity contribution in [1.82, 2.24) is 5.32 Å². The third-order valence-electron chi connectivity index (χ3n) is 1.97. The minimum Gasteiger partial charge on any atom is -0.423 e. The lowest BCUT2D eigenvalue weighted by Crippen LogP contribution is -2.25. The van der Waals surface area contributed by atoms with Gasteiger partial charge in [-0.25, -0.2) is 0 Å². The second kappa shape index (κ2) is 6.40. The van der Waals surface area contributed by atoms with E-state index < -0.39 is 0 Å². The minimum absolute atomic E-state index is 0.0854. The molecule has 0 aromatic rings. The highest BCUT2D eigenvalue weighted by atomic mass is 28.2. The van der Waals surface area contributed by atoms with E-state index >= 15 is 0 Å². The van der Waals surface area contributed by atoms with E-state index in [1.807, 2.05) is 6.08 Å². The van der Waals surface area contributed by atoms with Crippen molar-refractivity contribution < 1.29 is 4.43 Å². The fraction of sp³-hybridized carbons (Fsp3) is 0.778. The third-order valence-corrected chi connectivity index (χ3v) is 3.08. The number of hydrogen-bond donors (Lipinski definition) is 1. The van der Waals surface area contributed by atoms with Crippen molar-refractivity contribution in [2.24, 2.45) is 0 Å². The van der Waals surface area contributed by atoms with Crippen LogP contribution < -0.4 is 5.32 Å². The van der Waals surface area contributed by atoms with E-state index in [-0.39, 0.29) is 5.60 Å². The van der Waals surface area contributed by atoms with E-state index in [9.17, 15) is 0 Å². The molecule has 0 saturated heterocycles. The van der Waals surface area contributed by atoms with Gasteiger partial charge in [-0.1, -0.05) is 6.08 Å². The monoisotopic (exact) mass is 187 g/mol. The maximum absolute atomic E-state index is 5.44. The van der Waals surface area contributed by atoms with Gasteiger partial charge in [0.1, 0.15) is 10.5 Å². The standard InChI is InChI=1S/C9H21NOSi/c1-4-7-10-8-5-6-9(2,3)11-12/h4,10H,1,5-8H2,2-3,12H3. The molecule has 0 unspecified atom stereocenters. The molecule has 0 spiro atoms. The van der Waals surface area contributed by atoms with Gasteiger partial charge in [0.25, 0.3) is 0 Å². The van der Waals surface area contributed by atoms with Crippen molar-refractivity contribution in [1.29, 1.82) is 0 Å². The Labute approximate surface area is 78.9 Å². The summed E-state index contributed by atoms with van der Waals surface area (Å²) in [5, 5.41) is 3.27. The summed E-state index contributed by atoms with van der Waals surface area (Å²) >= 11 is 0. The molecule has 0 rings (SSSR count). The fourth-order valence-corrected chi connectivity index (χ4v) is 1.15. The van der Waals surface area contributed by atoms with Gasteiger partial charge in [0, 0.05) is 12.1 Å². The Morgan fingerprint density at radius 2 is 2.25 bits per heavy atom. The molecule has 0 bridgehead atoms. The summed E-state index contributed by atoms with van der Waals surface area (Å²) < 4.78 is 5.44. The van der Waals surface area contributed by atoms with Crippen LogP contribution in [0.1, 0.15) is 26.7 Å². The molecule has 2 nitrogen and oxygen atoms in total. The smallest absolute Gasteiger partial charge is 0.146 e. The molecule has 0 aliphatic carbocycles. The average Bonchev–Trinajstić information content (AvgIpc) is 2.04. The number of nitrogens with one attached hydrogen (secondary N) is 1. The van der Waals surface area contributed by atoms with Gasteiger partial charge in [-0.2, -0.15) is 0 Å². The Kier molecular flexibility index (Phi) is 6.33. The highest BCUT2D eigenvalue weighted by molar-refractivity contribution is 5.98. The van der Waals surface area contributed by atoms with Crippen molar-refractivity contribution in [3.05, 3.63) is 12.7 Å². The summed E-state index contributed by atoms with van der Waals surface area (Å²) in [7, 11) is 0.831. The molecule has 0 amide bonds. The van der Waals surface area contributed by atoms with Gasteiger partial charge in [-0.15, -0.1) is 6.58 Å². The molecule has 0 fully saturated rings. The highest BCUT2D eigenvalue weighted by Gasteiger charge is 2.13. The van der Waals surface area contributed by atoms with Crippen LogP contribution in [0, 0.1) is 0 Å². The zero-order chi connectivity index (χ0) is 9.45. The predicted octanol–water partition coefficient (Wildman–Crippen LogP) is 0.618. The fourth-order valence-electron chi connectivity index (χ4n) is 0.945. The minimum atomic E-state index is 0.0854. The lowest BCUT2D eigenvalue weighted by Gasteiger charge is -2.23. The summed E-state index contributed by atoms with van der Waals surface area (Å²) in [6, 6.07) is 0. The van der Waals surface area contributed by atoms with Crippen molar-refractivity contribution in [2.75, 3.05) is 13.1 Å². The predicted molar refractivity (Wildman–Crippen MR) is 57.4 cm³/mol. The average molecular weight is 187 g/mol. The first kappa shape index (κ1) is 11.9. The van der Waals surface area contributed by atoms with Crippen LogP contribution in [-0.2, 0) is 4.43 Å². The Bertz CT molecular complexity index is 126. The van der Waals surface area contributed by atoms with Crippen molar-refractivity contribution in [3.63, 3.8) is 0 Å². The van der Waals surface area contributed by atoms with Crippen LogP contribution >= 0.6 is 0 Å². The first-order chi connectivity index (χ1) is 5.62. The summed E-state index contributed by atoms with van der Waals surface area (Å²) in [6.45, 7) is 9.90. The lowest BCUT2D eigenvalue weighted by atomic mass is 10.0. The summed E-state index contributed by atoms with van der Waals surface area (Å²) in [5.74, 6) is 0. The largest absolute Gasteiger partial charge is 0.423 e. The van der Waals surface area contributed by atoms with Gasteiger partial charge >= 0.3 is 0 Å². The zero-order valence-electron chi connectivity index (χ0n) is 8.52. The van der Waals surface area contributed by atoms with Gasteiger partial charge in [-0.05, 0) is 33.2 Å². The van der Waals surface area contributed by atoms with Crippen LogP contribution in [0.4, 0.5) is 0 Å².